The molecule has 2 aliphatic heterocycles. The van der Waals surface area contributed by atoms with Crippen LogP contribution in [0.1, 0.15) is 64.4 Å². The van der Waals surface area contributed by atoms with E-state index in [9.17, 15) is 28.5 Å². The molecule has 2 saturated heterocycles. The molecule has 20 heteroatoms. The van der Waals surface area contributed by atoms with E-state index in [0.717, 1.165) is 12.8 Å². The Balaban J connectivity index is 1.68. The number of hydrogen-bond acceptors (Lipinski definition) is 17. The molecule has 1 aromatic heterocycles. The van der Waals surface area contributed by atoms with Crippen LogP contribution in [0, 0.1) is 0 Å². The average molecular weight is 835 g/mol. The van der Waals surface area contributed by atoms with Gasteiger partial charge in [-0.15, -0.1) is 5.06 Å². The van der Waals surface area contributed by atoms with Crippen LogP contribution >= 0.6 is 7.60 Å². The summed E-state index contributed by atoms with van der Waals surface area (Å²) in [6.07, 6.45) is -2.40. The highest BCUT2D eigenvalue weighted by molar-refractivity contribution is 7.54. The third-order valence-electron chi connectivity index (χ3n) is 9.14. The summed E-state index contributed by atoms with van der Waals surface area (Å²) in [6, 6.07) is 8.92. The number of anilines is 1. The Hall–Kier alpha value is -4.68. The first kappa shape index (κ1) is 46.0. The highest BCUT2D eigenvalue weighted by Gasteiger charge is 2.42. The standard InChI is InChI=1S/C38H55N6O13P/c1-7-10-22-54-38(49)55-44-20-18-42(19-21-44)35(46)31(25-58(50,56-26(4)36(47)52-8-2)57-27(5)37(48)53-9-3)40-34(45)30-23-32(43-17-16-29(24-43)51-6)41-33(39-30)28-14-12-11-13-15-28/h11-15,23,26-27,29,31H,7-10,16-22,24-25H2,1-6H3,(H,40,45)/t26-,27-,29-,31-/m0/s1. The number of aromatic nitrogens is 2. The van der Waals surface area contributed by atoms with Crippen molar-refractivity contribution >= 4 is 43.3 Å². The summed E-state index contributed by atoms with van der Waals surface area (Å²) in [5.74, 6) is -2.55. The van der Waals surface area contributed by atoms with Crippen LogP contribution in [-0.2, 0) is 51.8 Å². The average Bonchev–Trinajstić information content (AvgIpc) is 3.71. The summed E-state index contributed by atoms with van der Waals surface area (Å²) in [4.78, 5) is 84.1. The van der Waals surface area contributed by atoms with Gasteiger partial charge in [0.1, 0.15) is 17.6 Å². The topological polar surface area (TPSA) is 215 Å². The minimum absolute atomic E-state index is 0.00428. The van der Waals surface area contributed by atoms with Crippen molar-refractivity contribution in [3.63, 3.8) is 0 Å². The molecule has 1 N–H and O–H groups in total. The number of esters is 2. The van der Waals surface area contributed by atoms with Crippen molar-refractivity contribution in [3.8, 4) is 11.4 Å². The minimum atomic E-state index is -4.65. The van der Waals surface area contributed by atoms with Crippen LogP contribution in [0.15, 0.2) is 36.4 Å². The number of benzene rings is 1. The molecule has 0 radical (unpaired) electrons. The van der Waals surface area contributed by atoms with Crippen LogP contribution in [0.3, 0.4) is 0 Å². The molecule has 0 spiro atoms. The van der Waals surface area contributed by atoms with E-state index in [1.165, 1.54) is 29.9 Å². The largest absolute Gasteiger partial charge is 0.527 e. The number of carbonyl (C=O) groups excluding carboxylic acids is 5. The maximum atomic E-state index is 14.7. The van der Waals surface area contributed by atoms with Crippen molar-refractivity contribution in [1.29, 1.82) is 0 Å². The normalized spacial score (nSPS) is 17.5. The zero-order valence-electron chi connectivity index (χ0n) is 34.0. The summed E-state index contributed by atoms with van der Waals surface area (Å²) in [6.45, 7) is 9.24. The van der Waals surface area contributed by atoms with E-state index in [1.54, 1.807) is 33.1 Å². The van der Waals surface area contributed by atoms with E-state index in [0.29, 0.717) is 30.9 Å². The number of amides is 2. The van der Waals surface area contributed by atoms with Crippen LogP contribution in [-0.4, -0.2) is 147 Å². The molecule has 4 rings (SSSR count). The van der Waals surface area contributed by atoms with E-state index >= 15 is 0 Å². The van der Waals surface area contributed by atoms with Gasteiger partial charge in [0.15, 0.2) is 18.0 Å². The molecule has 3 heterocycles. The lowest BCUT2D eigenvalue weighted by molar-refractivity contribution is -0.157. The highest BCUT2D eigenvalue weighted by atomic mass is 31.2. The summed E-state index contributed by atoms with van der Waals surface area (Å²) >= 11 is 0. The first-order chi connectivity index (χ1) is 27.8. The zero-order chi connectivity index (χ0) is 42.2. The van der Waals surface area contributed by atoms with Gasteiger partial charge < -0.3 is 38.9 Å². The van der Waals surface area contributed by atoms with Crippen molar-refractivity contribution in [1.82, 2.24) is 25.2 Å². The van der Waals surface area contributed by atoms with Crippen LogP contribution in [0.4, 0.5) is 10.6 Å². The van der Waals surface area contributed by atoms with E-state index in [2.05, 4.69) is 10.3 Å². The monoisotopic (exact) mass is 834 g/mol. The highest BCUT2D eigenvalue weighted by Crippen LogP contribution is 2.51. The van der Waals surface area contributed by atoms with Crippen molar-refractivity contribution in [3.05, 3.63) is 42.1 Å². The molecule has 2 aliphatic rings. The molecule has 2 amide bonds. The van der Waals surface area contributed by atoms with Gasteiger partial charge in [-0.2, -0.15) is 0 Å². The number of nitrogens with one attached hydrogen (secondary N) is 1. The fourth-order valence-electron chi connectivity index (χ4n) is 6.05. The summed E-state index contributed by atoms with van der Waals surface area (Å²) in [5, 5.41) is 4.03. The number of rotatable bonds is 20. The van der Waals surface area contributed by atoms with Crippen LogP contribution in [0.5, 0.6) is 0 Å². The van der Waals surface area contributed by atoms with Crippen LogP contribution in [0.25, 0.3) is 11.4 Å². The van der Waals surface area contributed by atoms with Crippen molar-refractivity contribution in [2.45, 2.75) is 78.2 Å². The molecule has 0 unspecified atom stereocenters. The van der Waals surface area contributed by atoms with E-state index in [4.69, 9.17) is 37.8 Å². The number of hydroxylamine groups is 2. The van der Waals surface area contributed by atoms with E-state index in [-0.39, 0.29) is 63.6 Å². The van der Waals surface area contributed by atoms with E-state index < -0.39 is 61.9 Å². The Kier molecular flexibility index (Phi) is 17.8. The number of unbranched alkanes of at least 4 members (excludes halogenated alkanes) is 1. The fourth-order valence-corrected chi connectivity index (χ4v) is 8.10. The van der Waals surface area contributed by atoms with Crippen LogP contribution in [0.2, 0.25) is 0 Å². The third kappa shape index (κ3) is 13.4. The van der Waals surface area contributed by atoms with Crippen molar-refractivity contribution in [2.75, 3.05) is 77.3 Å². The third-order valence-corrected chi connectivity index (χ3v) is 11.2. The summed E-state index contributed by atoms with van der Waals surface area (Å²) in [5.41, 5.74) is 0.536. The lowest BCUT2D eigenvalue weighted by Crippen LogP contribution is -2.56. The number of ether oxygens (including phenoxy) is 4. The Morgan fingerprint density at radius 3 is 2.09 bits per heavy atom. The lowest BCUT2D eigenvalue weighted by Gasteiger charge is -2.35. The maximum absolute atomic E-state index is 14.7. The van der Waals surface area contributed by atoms with Crippen molar-refractivity contribution in [2.24, 2.45) is 0 Å². The second kappa shape index (κ2) is 22.5. The number of piperazine rings is 1. The molecule has 0 bridgehead atoms. The number of nitrogens with zero attached hydrogens (tertiary/aromatic N) is 5. The molecule has 4 atom stereocenters. The number of carbonyl (C=O) groups is 5. The molecule has 19 nitrogen and oxygen atoms in total. The molecule has 58 heavy (non-hydrogen) atoms. The SMILES string of the molecule is CCCCOC(=O)ON1CCN(C(=O)[C@H](CP(=O)(O[C@@H](C)C(=O)OCC)O[C@@H](C)C(=O)OCC)NC(=O)c2cc(N3CC[C@H](OC)C3)nc(-c3ccccc3)n2)CC1. The lowest BCUT2D eigenvalue weighted by atomic mass is 10.2. The second-order valence-electron chi connectivity index (χ2n) is 13.5. The predicted octanol–water partition coefficient (Wildman–Crippen LogP) is 3.61. The van der Waals surface area contributed by atoms with Gasteiger partial charge in [0, 0.05) is 44.9 Å². The number of hydrogen-bond donors (Lipinski definition) is 1. The van der Waals surface area contributed by atoms with Gasteiger partial charge in [-0.1, -0.05) is 43.7 Å². The molecule has 2 aromatic rings. The molecule has 0 saturated carbocycles. The number of methoxy groups -OCH3 is 1. The van der Waals surface area contributed by atoms with Crippen molar-refractivity contribution < 1.29 is 61.4 Å². The Bertz CT molecular complexity index is 1720. The van der Waals surface area contributed by atoms with Gasteiger partial charge in [-0.25, -0.2) is 24.4 Å². The molecular weight excluding hydrogens is 779 g/mol. The van der Waals surface area contributed by atoms with Gasteiger partial charge in [0.05, 0.1) is 45.2 Å². The molecule has 320 valence electrons. The smallest absolute Gasteiger partial charge is 0.464 e. The van der Waals surface area contributed by atoms with Crippen LogP contribution < -0.4 is 10.2 Å². The first-order valence-electron chi connectivity index (χ1n) is 19.5. The van der Waals surface area contributed by atoms with Gasteiger partial charge >= 0.3 is 25.7 Å². The predicted molar refractivity (Wildman–Crippen MR) is 209 cm³/mol. The van der Waals surface area contributed by atoms with Gasteiger partial charge in [-0.3, -0.25) is 23.2 Å². The Labute approximate surface area is 338 Å². The molecule has 2 fully saturated rings. The Morgan fingerprint density at radius 2 is 1.52 bits per heavy atom. The first-order valence-corrected chi connectivity index (χ1v) is 21.2. The van der Waals surface area contributed by atoms with Gasteiger partial charge in [-0.05, 0) is 40.5 Å². The summed E-state index contributed by atoms with van der Waals surface area (Å²) < 4.78 is 46.8. The minimum Gasteiger partial charge on any atom is -0.464 e. The summed E-state index contributed by atoms with van der Waals surface area (Å²) in [7, 11) is -3.02. The van der Waals surface area contributed by atoms with Gasteiger partial charge in [0.25, 0.3) is 5.91 Å². The fraction of sp³-hybridized carbons (Fsp3) is 0.605. The van der Waals surface area contributed by atoms with Gasteiger partial charge in [0.2, 0.25) is 5.91 Å². The second-order valence-corrected chi connectivity index (χ2v) is 15.5. The quantitative estimate of drug-likeness (QED) is 0.0873. The van der Waals surface area contributed by atoms with E-state index in [1.807, 2.05) is 30.0 Å². The molecule has 0 aliphatic carbocycles. The molecular formula is C38H55N6O13P. The molecule has 1 aromatic carbocycles. The Morgan fingerprint density at radius 1 is 0.879 bits per heavy atom. The zero-order valence-corrected chi connectivity index (χ0v) is 34.9. The maximum Gasteiger partial charge on any atom is 0.527 e.